The maximum atomic E-state index is 13.2. The third-order valence-electron chi connectivity index (χ3n) is 4.29. The Morgan fingerprint density at radius 3 is 2.48 bits per heavy atom. The summed E-state index contributed by atoms with van der Waals surface area (Å²) in [6.07, 6.45) is 4.84. The van der Waals surface area contributed by atoms with Gasteiger partial charge < -0.3 is 10.0 Å². The van der Waals surface area contributed by atoms with E-state index in [1.165, 1.54) is 28.8 Å². The van der Waals surface area contributed by atoms with Gasteiger partial charge in [0, 0.05) is 31.4 Å². The smallest absolute Gasteiger partial charge is 0.303 e. The van der Waals surface area contributed by atoms with E-state index in [9.17, 15) is 14.0 Å². The zero-order chi connectivity index (χ0) is 17.8. The van der Waals surface area contributed by atoms with Crippen molar-refractivity contribution in [3.8, 4) is 5.69 Å². The summed E-state index contributed by atoms with van der Waals surface area (Å²) in [6, 6.07) is 5.63. The van der Waals surface area contributed by atoms with Crippen molar-refractivity contribution < 1.29 is 14.3 Å². The van der Waals surface area contributed by atoms with Crippen LogP contribution in [0.1, 0.15) is 31.4 Å². The number of anilines is 1. The third kappa shape index (κ3) is 4.04. The van der Waals surface area contributed by atoms with Crippen LogP contribution in [0.4, 0.5) is 10.2 Å². The monoisotopic (exact) mass is 345 g/mol. The molecule has 1 aliphatic heterocycles. The molecule has 0 bridgehead atoms. The molecule has 132 valence electrons. The fourth-order valence-corrected chi connectivity index (χ4v) is 2.99. The van der Waals surface area contributed by atoms with E-state index in [-0.39, 0.29) is 24.2 Å². The highest BCUT2D eigenvalue weighted by molar-refractivity contribution is 5.67. The molecular weight excluding hydrogens is 325 g/mol. The molecule has 0 amide bonds. The van der Waals surface area contributed by atoms with Crippen LogP contribution in [-0.4, -0.2) is 33.7 Å². The number of carboxylic acids is 1. The van der Waals surface area contributed by atoms with Crippen molar-refractivity contribution in [1.82, 2.24) is 9.55 Å². The van der Waals surface area contributed by atoms with Crippen LogP contribution in [0.25, 0.3) is 5.69 Å². The standard InChI is InChI=1S/C18H20FN3O3/c19-13-4-7-15(8-5-13)22-12-14(6-9-16(23)24)20-17(18(22)25)21-10-2-1-3-11-21/h4-5,7-8,12H,1-3,6,9-11H2,(H,23,24). The zero-order valence-electron chi connectivity index (χ0n) is 13.8. The SMILES string of the molecule is O=C(O)CCc1cn(-c2ccc(F)cc2)c(=O)c(N2CCCCC2)n1. The summed E-state index contributed by atoms with van der Waals surface area (Å²) < 4.78 is 14.6. The lowest BCUT2D eigenvalue weighted by Gasteiger charge is -2.27. The summed E-state index contributed by atoms with van der Waals surface area (Å²) in [5.74, 6) is -0.957. The van der Waals surface area contributed by atoms with Gasteiger partial charge in [0.1, 0.15) is 5.82 Å². The summed E-state index contributed by atoms with van der Waals surface area (Å²) in [7, 11) is 0. The van der Waals surface area contributed by atoms with Crippen LogP contribution in [0.15, 0.2) is 35.3 Å². The molecular formula is C18H20FN3O3. The molecule has 1 aromatic heterocycles. The summed E-state index contributed by atoms with van der Waals surface area (Å²) in [5.41, 5.74) is 0.795. The van der Waals surface area contributed by atoms with Gasteiger partial charge in [-0.2, -0.15) is 0 Å². The fourth-order valence-electron chi connectivity index (χ4n) is 2.99. The van der Waals surface area contributed by atoms with Crippen LogP contribution < -0.4 is 10.5 Å². The summed E-state index contributed by atoms with van der Waals surface area (Å²) in [4.78, 5) is 30.1. The predicted octanol–water partition coefficient (Wildman–Crippen LogP) is 2.38. The van der Waals surface area contributed by atoms with Crippen molar-refractivity contribution in [2.75, 3.05) is 18.0 Å². The Labute approximate surface area is 144 Å². The minimum absolute atomic E-state index is 0.0614. The van der Waals surface area contributed by atoms with Crippen molar-refractivity contribution in [2.24, 2.45) is 0 Å². The molecule has 0 spiro atoms. The van der Waals surface area contributed by atoms with E-state index < -0.39 is 5.97 Å². The van der Waals surface area contributed by atoms with E-state index in [2.05, 4.69) is 4.98 Å². The van der Waals surface area contributed by atoms with E-state index in [1.807, 2.05) is 4.90 Å². The van der Waals surface area contributed by atoms with E-state index in [4.69, 9.17) is 5.11 Å². The molecule has 2 aromatic rings. The number of hydrogen-bond acceptors (Lipinski definition) is 4. The normalized spacial score (nSPS) is 14.5. The molecule has 6 nitrogen and oxygen atoms in total. The predicted molar refractivity (Wildman–Crippen MR) is 91.8 cm³/mol. The Hall–Kier alpha value is -2.70. The molecule has 0 atom stereocenters. The van der Waals surface area contributed by atoms with Crippen molar-refractivity contribution in [3.63, 3.8) is 0 Å². The second-order valence-electron chi connectivity index (χ2n) is 6.15. The van der Waals surface area contributed by atoms with Crippen molar-refractivity contribution in [3.05, 3.63) is 52.3 Å². The van der Waals surface area contributed by atoms with Gasteiger partial charge in [0.25, 0.3) is 5.56 Å². The number of aliphatic carboxylic acids is 1. The van der Waals surface area contributed by atoms with E-state index in [0.29, 0.717) is 17.2 Å². The first-order valence-electron chi connectivity index (χ1n) is 8.40. The molecule has 1 saturated heterocycles. The first-order valence-corrected chi connectivity index (χ1v) is 8.40. The molecule has 1 aromatic carbocycles. The Morgan fingerprint density at radius 1 is 1.16 bits per heavy atom. The number of aromatic nitrogens is 2. The third-order valence-corrected chi connectivity index (χ3v) is 4.29. The number of aryl methyl sites for hydroxylation is 1. The van der Waals surface area contributed by atoms with Crippen molar-refractivity contribution >= 4 is 11.8 Å². The number of carboxylic acid groups (broad SMARTS) is 1. The Morgan fingerprint density at radius 2 is 1.84 bits per heavy atom. The number of piperidine rings is 1. The molecule has 25 heavy (non-hydrogen) atoms. The van der Waals surface area contributed by atoms with E-state index in [1.54, 1.807) is 6.20 Å². The summed E-state index contributed by atoms with van der Waals surface area (Å²) >= 11 is 0. The van der Waals surface area contributed by atoms with Crippen molar-refractivity contribution in [1.29, 1.82) is 0 Å². The van der Waals surface area contributed by atoms with Gasteiger partial charge in [-0.15, -0.1) is 0 Å². The molecule has 1 N–H and O–H groups in total. The van der Waals surface area contributed by atoms with E-state index in [0.717, 1.165) is 32.4 Å². The highest BCUT2D eigenvalue weighted by Gasteiger charge is 2.19. The van der Waals surface area contributed by atoms with Crippen LogP contribution in [0.5, 0.6) is 0 Å². The lowest BCUT2D eigenvalue weighted by molar-refractivity contribution is -0.136. The summed E-state index contributed by atoms with van der Waals surface area (Å²) in [5, 5.41) is 8.92. The van der Waals surface area contributed by atoms with Gasteiger partial charge in [-0.3, -0.25) is 14.2 Å². The van der Waals surface area contributed by atoms with Crippen LogP contribution in [0, 0.1) is 5.82 Å². The van der Waals surface area contributed by atoms with Gasteiger partial charge in [-0.25, -0.2) is 9.37 Å². The highest BCUT2D eigenvalue weighted by Crippen LogP contribution is 2.17. The number of hydrogen-bond donors (Lipinski definition) is 1. The van der Waals surface area contributed by atoms with Crippen molar-refractivity contribution in [2.45, 2.75) is 32.1 Å². The quantitative estimate of drug-likeness (QED) is 0.900. The molecule has 0 aliphatic carbocycles. The van der Waals surface area contributed by atoms with Gasteiger partial charge in [-0.05, 0) is 43.5 Å². The number of benzene rings is 1. The Bertz CT molecular complexity index is 811. The molecule has 7 heteroatoms. The van der Waals surface area contributed by atoms with Gasteiger partial charge in [0.15, 0.2) is 5.82 Å². The fraction of sp³-hybridized carbons (Fsp3) is 0.389. The number of halogens is 1. The molecule has 0 radical (unpaired) electrons. The van der Waals surface area contributed by atoms with Gasteiger partial charge in [-0.1, -0.05) is 0 Å². The first-order chi connectivity index (χ1) is 12.0. The average molecular weight is 345 g/mol. The Kier molecular flexibility index (Phi) is 5.11. The lowest BCUT2D eigenvalue weighted by Crippen LogP contribution is -2.37. The number of carbonyl (C=O) groups is 1. The molecule has 1 aliphatic rings. The molecule has 1 fully saturated rings. The Balaban J connectivity index is 2.05. The average Bonchev–Trinajstić information content (AvgIpc) is 2.62. The van der Waals surface area contributed by atoms with Crippen LogP contribution in [-0.2, 0) is 11.2 Å². The number of rotatable bonds is 5. The molecule has 0 unspecified atom stereocenters. The molecule has 2 heterocycles. The van der Waals surface area contributed by atoms with E-state index >= 15 is 0 Å². The van der Waals surface area contributed by atoms with Crippen LogP contribution in [0.3, 0.4) is 0 Å². The zero-order valence-corrected chi connectivity index (χ0v) is 13.8. The van der Waals surface area contributed by atoms with Gasteiger partial charge in [0.05, 0.1) is 12.1 Å². The minimum Gasteiger partial charge on any atom is -0.481 e. The lowest BCUT2D eigenvalue weighted by atomic mass is 10.1. The maximum absolute atomic E-state index is 13.2. The second kappa shape index (κ2) is 7.46. The van der Waals surface area contributed by atoms with Gasteiger partial charge >= 0.3 is 5.97 Å². The minimum atomic E-state index is -0.916. The van der Waals surface area contributed by atoms with Crippen LogP contribution >= 0.6 is 0 Å². The summed E-state index contributed by atoms with van der Waals surface area (Å²) in [6.45, 7) is 1.52. The van der Waals surface area contributed by atoms with Crippen LogP contribution in [0.2, 0.25) is 0 Å². The largest absolute Gasteiger partial charge is 0.481 e. The second-order valence-corrected chi connectivity index (χ2v) is 6.15. The topological polar surface area (TPSA) is 75.4 Å². The number of nitrogens with zero attached hydrogens (tertiary/aromatic N) is 3. The molecule has 0 saturated carbocycles. The highest BCUT2D eigenvalue weighted by atomic mass is 19.1. The maximum Gasteiger partial charge on any atom is 0.303 e. The molecule has 3 rings (SSSR count). The first kappa shape index (κ1) is 17.1. The van der Waals surface area contributed by atoms with Gasteiger partial charge in [0.2, 0.25) is 0 Å².